The Kier molecular flexibility index (Phi) is 7.57. The van der Waals surface area contributed by atoms with Gasteiger partial charge in [-0.05, 0) is 77.7 Å². The number of ether oxygens (including phenoxy) is 1. The van der Waals surface area contributed by atoms with Crippen LogP contribution in [0, 0.1) is 18.7 Å². The molecule has 0 bridgehead atoms. The second-order valence-corrected chi connectivity index (χ2v) is 7.81. The van der Waals surface area contributed by atoms with Gasteiger partial charge in [-0.2, -0.15) is 0 Å². The first-order valence-electron chi connectivity index (χ1n) is 8.98. The van der Waals surface area contributed by atoms with E-state index in [-0.39, 0.29) is 11.8 Å². The van der Waals surface area contributed by atoms with Crippen molar-refractivity contribution in [2.24, 2.45) is 5.92 Å². The van der Waals surface area contributed by atoms with Crippen LogP contribution >= 0.6 is 15.9 Å². The van der Waals surface area contributed by atoms with Crippen LogP contribution in [0.4, 0.5) is 10.1 Å². The summed E-state index contributed by atoms with van der Waals surface area (Å²) >= 11 is 3.21. The molecule has 5 nitrogen and oxygen atoms in total. The SMILES string of the molecule is Cc1cc(C(=O)NCC(C)C)ccc1NC(=O)C(C)Oc1ccc(F)cc1Br. The average molecular weight is 451 g/mol. The maximum atomic E-state index is 13.2. The number of rotatable bonds is 7. The van der Waals surface area contributed by atoms with Crippen LogP contribution in [0.15, 0.2) is 40.9 Å². The molecule has 0 heterocycles. The molecule has 0 aliphatic heterocycles. The fourth-order valence-electron chi connectivity index (χ4n) is 2.39. The van der Waals surface area contributed by atoms with E-state index in [4.69, 9.17) is 4.74 Å². The normalized spacial score (nSPS) is 11.8. The molecule has 2 rings (SSSR count). The van der Waals surface area contributed by atoms with E-state index in [1.54, 1.807) is 25.1 Å². The lowest BCUT2D eigenvalue weighted by molar-refractivity contribution is -0.122. The second kappa shape index (κ2) is 9.68. The molecule has 2 N–H and O–H groups in total. The standard InChI is InChI=1S/C21H24BrFN2O3/c1-12(2)11-24-21(27)15-5-7-18(13(3)9-15)25-20(26)14(4)28-19-8-6-16(23)10-17(19)22/h5-10,12,14H,11H2,1-4H3,(H,24,27)(H,25,26). The Labute approximate surface area is 172 Å². The van der Waals surface area contributed by atoms with Gasteiger partial charge in [0, 0.05) is 17.8 Å². The van der Waals surface area contributed by atoms with E-state index < -0.39 is 11.9 Å². The lowest BCUT2D eigenvalue weighted by Gasteiger charge is -2.17. The number of nitrogens with one attached hydrogen (secondary N) is 2. The fourth-order valence-corrected chi connectivity index (χ4v) is 2.84. The van der Waals surface area contributed by atoms with Crippen LogP contribution in [0.25, 0.3) is 0 Å². The molecule has 150 valence electrons. The zero-order chi connectivity index (χ0) is 20.8. The van der Waals surface area contributed by atoms with Crippen molar-refractivity contribution in [2.75, 3.05) is 11.9 Å². The van der Waals surface area contributed by atoms with Crippen LogP contribution < -0.4 is 15.4 Å². The minimum absolute atomic E-state index is 0.146. The Balaban J connectivity index is 2.01. The van der Waals surface area contributed by atoms with Gasteiger partial charge in [0.2, 0.25) is 0 Å². The maximum Gasteiger partial charge on any atom is 0.265 e. The van der Waals surface area contributed by atoms with Gasteiger partial charge in [0.15, 0.2) is 6.10 Å². The molecule has 1 atom stereocenters. The lowest BCUT2D eigenvalue weighted by atomic mass is 10.1. The van der Waals surface area contributed by atoms with E-state index in [0.29, 0.717) is 33.9 Å². The molecule has 2 aromatic rings. The zero-order valence-electron chi connectivity index (χ0n) is 16.3. The smallest absolute Gasteiger partial charge is 0.265 e. The topological polar surface area (TPSA) is 67.4 Å². The number of carbonyl (C=O) groups is 2. The first kappa shape index (κ1) is 21.9. The minimum Gasteiger partial charge on any atom is -0.480 e. The molecule has 0 saturated heterocycles. The highest BCUT2D eigenvalue weighted by Gasteiger charge is 2.18. The third-order valence-electron chi connectivity index (χ3n) is 3.98. The Hall–Kier alpha value is -2.41. The molecular formula is C21H24BrFN2O3. The third kappa shape index (κ3) is 6.05. The van der Waals surface area contributed by atoms with Gasteiger partial charge in [0.25, 0.3) is 11.8 Å². The summed E-state index contributed by atoms with van der Waals surface area (Å²) < 4.78 is 19.2. The molecule has 0 aromatic heterocycles. The minimum atomic E-state index is -0.796. The number of hydrogen-bond acceptors (Lipinski definition) is 3. The molecule has 28 heavy (non-hydrogen) atoms. The van der Waals surface area contributed by atoms with Crippen molar-refractivity contribution < 1.29 is 18.7 Å². The lowest BCUT2D eigenvalue weighted by Crippen LogP contribution is -2.30. The number of amides is 2. The summed E-state index contributed by atoms with van der Waals surface area (Å²) in [5.41, 5.74) is 1.90. The molecule has 0 fully saturated rings. The van der Waals surface area contributed by atoms with Crippen molar-refractivity contribution in [3.63, 3.8) is 0 Å². The van der Waals surface area contributed by atoms with Crippen LogP contribution in [0.5, 0.6) is 5.75 Å². The monoisotopic (exact) mass is 450 g/mol. The van der Waals surface area contributed by atoms with Crippen molar-refractivity contribution in [3.05, 3.63) is 57.8 Å². The van der Waals surface area contributed by atoms with Crippen LogP contribution in [0.1, 0.15) is 36.7 Å². The van der Waals surface area contributed by atoms with Gasteiger partial charge in [-0.3, -0.25) is 9.59 Å². The highest BCUT2D eigenvalue weighted by molar-refractivity contribution is 9.10. The number of anilines is 1. The van der Waals surface area contributed by atoms with Crippen LogP contribution in [-0.4, -0.2) is 24.5 Å². The van der Waals surface area contributed by atoms with E-state index in [2.05, 4.69) is 26.6 Å². The molecule has 1 unspecified atom stereocenters. The van der Waals surface area contributed by atoms with Crippen molar-refractivity contribution >= 4 is 33.4 Å². The molecule has 2 amide bonds. The van der Waals surface area contributed by atoms with Crippen LogP contribution in [0.2, 0.25) is 0 Å². The first-order chi connectivity index (χ1) is 13.2. The Bertz CT molecular complexity index is 871. The highest BCUT2D eigenvalue weighted by atomic mass is 79.9. The van der Waals surface area contributed by atoms with Crippen LogP contribution in [-0.2, 0) is 4.79 Å². The molecule has 0 aliphatic carbocycles. The first-order valence-corrected chi connectivity index (χ1v) is 9.78. The maximum absolute atomic E-state index is 13.2. The Morgan fingerprint density at radius 1 is 1.14 bits per heavy atom. The summed E-state index contributed by atoms with van der Waals surface area (Å²) in [5, 5.41) is 5.66. The highest BCUT2D eigenvalue weighted by Crippen LogP contribution is 2.26. The molecule has 2 aromatic carbocycles. The van der Waals surface area contributed by atoms with Crippen molar-refractivity contribution in [2.45, 2.75) is 33.8 Å². The summed E-state index contributed by atoms with van der Waals surface area (Å²) in [7, 11) is 0. The zero-order valence-corrected chi connectivity index (χ0v) is 17.9. The second-order valence-electron chi connectivity index (χ2n) is 6.96. The predicted octanol–water partition coefficient (Wildman–Crippen LogP) is 4.69. The van der Waals surface area contributed by atoms with Crippen molar-refractivity contribution in [1.29, 1.82) is 0 Å². The molecule has 0 saturated carbocycles. The van der Waals surface area contributed by atoms with Gasteiger partial charge in [0.05, 0.1) is 4.47 Å². The molecule has 7 heteroatoms. The average Bonchev–Trinajstić information content (AvgIpc) is 2.63. The fraction of sp³-hybridized carbons (Fsp3) is 0.333. The molecule has 0 spiro atoms. The van der Waals surface area contributed by atoms with Crippen LogP contribution in [0.3, 0.4) is 0 Å². The van der Waals surface area contributed by atoms with Gasteiger partial charge < -0.3 is 15.4 Å². The molecular weight excluding hydrogens is 427 g/mol. The van der Waals surface area contributed by atoms with E-state index in [0.717, 1.165) is 5.56 Å². The van der Waals surface area contributed by atoms with Gasteiger partial charge in [-0.25, -0.2) is 4.39 Å². The quantitative estimate of drug-likeness (QED) is 0.642. The number of hydrogen-bond donors (Lipinski definition) is 2. The van der Waals surface area contributed by atoms with Gasteiger partial charge in [0.1, 0.15) is 11.6 Å². The third-order valence-corrected chi connectivity index (χ3v) is 4.60. The van der Waals surface area contributed by atoms with E-state index >= 15 is 0 Å². The van der Waals surface area contributed by atoms with E-state index in [1.165, 1.54) is 18.2 Å². The number of halogens is 2. The summed E-state index contributed by atoms with van der Waals surface area (Å²) in [6, 6.07) is 9.08. The van der Waals surface area contributed by atoms with Gasteiger partial charge in [-0.1, -0.05) is 13.8 Å². The Morgan fingerprint density at radius 3 is 2.46 bits per heavy atom. The van der Waals surface area contributed by atoms with E-state index in [9.17, 15) is 14.0 Å². The predicted molar refractivity (Wildman–Crippen MR) is 111 cm³/mol. The summed E-state index contributed by atoms with van der Waals surface area (Å²) in [6.45, 7) is 8.07. The molecule has 0 aliphatic rings. The van der Waals surface area contributed by atoms with Gasteiger partial charge in [-0.15, -0.1) is 0 Å². The van der Waals surface area contributed by atoms with Gasteiger partial charge >= 0.3 is 0 Å². The summed E-state index contributed by atoms with van der Waals surface area (Å²) in [5.74, 6) is -0.155. The van der Waals surface area contributed by atoms with Crippen molar-refractivity contribution in [1.82, 2.24) is 5.32 Å². The number of aryl methyl sites for hydroxylation is 1. The summed E-state index contributed by atoms with van der Waals surface area (Å²) in [4.78, 5) is 24.6. The number of carbonyl (C=O) groups excluding carboxylic acids is 2. The van der Waals surface area contributed by atoms with Crippen molar-refractivity contribution in [3.8, 4) is 5.75 Å². The number of benzene rings is 2. The summed E-state index contributed by atoms with van der Waals surface area (Å²) in [6.07, 6.45) is -0.796. The molecule has 0 radical (unpaired) electrons. The Morgan fingerprint density at radius 2 is 1.86 bits per heavy atom. The largest absolute Gasteiger partial charge is 0.480 e. The van der Waals surface area contributed by atoms with E-state index in [1.807, 2.05) is 20.8 Å².